The second kappa shape index (κ2) is 15.9. The van der Waals surface area contributed by atoms with E-state index in [0.717, 1.165) is 44.5 Å². The predicted molar refractivity (Wildman–Crippen MR) is 188 cm³/mol. The standard InChI is InChI=1S/C41H38O8/c1-5-46-38(42)30-17-9-26(10-18-30)34-25-35(27-11-19-31(20-12-27)39(43)47-6-2)37(29-15-23-33(24-16-29)41(45)49-8-4)36(34)28-13-21-32(22-14-28)40(44)48-7-3/h9-24H,5-8,25H2,1-4H3. The molecule has 4 aromatic rings. The molecule has 0 saturated carbocycles. The lowest BCUT2D eigenvalue weighted by molar-refractivity contribution is 0.0516. The Hall–Kier alpha value is -5.76. The van der Waals surface area contributed by atoms with Gasteiger partial charge in [-0.05, 0) is 127 Å². The van der Waals surface area contributed by atoms with Crippen LogP contribution in [0.4, 0.5) is 0 Å². The van der Waals surface area contributed by atoms with Crippen LogP contribution in [0, 0.1) is 0 Å². The highest BCUT2D eigenvalue weighted by Gasteiger charge is 2.29. The Morgan fingerprint density at radius 3 is 0.837 bits per heavy atom. The lowest BCUT2D eigenvalue weighted by atomic mass is 9.88. The first-order valence-electron chi connectivity index (χ1n) is 16.4. The molecule has 0 unspecified atom stereocenters. The molecule has 250 valence electrons. The third kappa shape index (κ3) is 7.70. The molecule has 0 heterocycles. The van der Waals surface area contributed by atoms with Gasteiger partial charge in [-0.3, -0.25) is 0 Å². The lowest BCUT2D eigenvalue weighted by Gasteiger charge is -2.16. The molecule has 4 aromatic carbocycles. The molecule has 49 heavy (non-hydrogen) atoms. The zero-order valence-corrected chi connectivity index (χ0v) is 28.0. The molecule has 0 amide bonds. The number of carbonyl (C=O) groups is 4. The van der Waals surface area contributed by atoms with E-state index in [4.69, 9.17) is 18.9 Å². The van der Waals surface area contributed by atoms with Crippen molar-refractivity contribution < 1.29 is 38.1 Å². The molecule has 0 spiro atoms. The van der Waals surface area contributed by atoms with Crippen molar-refractivity contribution in [1.82, 2.24) is 0 Å². The first kappa shape index (κ1) is 34.6. The molecule has 1 aliphatic carbocycles. The fourth-order valence-corrected chi connectivity index (χ4v) is 5.80. The van der Waals surface area contributed by atoms with Gasteiger partial charge in [0.05, 0.1) is 48.7 Å². The Balaban J connectivity index is 1.71. The van der Waals surface area contributed by atoms with Crippen molar-refractivity contribution >= 4 is 46.2 Å². The molecule has 8 heteroatoms. The molecule has 0 N–H and O–H groups in total. The van der Waals surface area contributed by atoms with Crippen LogP contribution in [0.3, 0.4) is 0 Å². The molecule has 1 aliphatic rings. The number of ether oxygens (including phenoxy) is 4. The minimum absolute atomic E-state index is 0.269. The number of hydrogen-bond donors (Lipinski definition) is 0. The van der Waals surface area contributed by atoms with Gasteiger partial charge in [0.25, 0.3) is 0 Å². The van der Waals surface area contributed by atoms with E-state index in [1.54, 1.807) is 76.2 Å². The van der Waals surface area contributed by atoms with Crippen LogP contribution in [-0.4, -0.2) is 50.3 Å². The predicted octanol–water partition coefficient (Wildman–Crippen LogP) is 8.32. The molecule has 0 aliphatic heterocycles. The van der Waals surface area contributed by atoms with Crippen molar-refractivity contribution in [1.29, 1.82) is 0 Å². The molecular weight excluding hydrogens is 620 g/mol. The van der Waals surface area contributed by atoms with Crippen LogP contribution in [0.1, 0.15) is 97.8 Å². The second-order valence-corrected chi connectivity index (χ2v) is 11.1. The highest BCUT2D eigenvalue weighted by Crippen LogP contribution is 2.51. The van der Waals surface area contributed by atoms with Crippen molar-refractivity contribution in [3.05, 3.63) is 142 Å². The largest absolute Gasteiger partial charge is 0.462 e. The van der Waals surface area contributed by atoms with Gasteiger partial charge in [-0.15, -0.1) is 0 Å². The van der Waals surface area contributed by atoms with E-state index >= 15 is 0 Å². The number of benzene rings is 4. The first-order chi connectivity index (χ1) is 23.8. The number of carbonyl (C=O) groups excluding carboxylic acids is 4. The summed E-state index contributed by atoms with van der Waals surface area (Å²) in [5.41, 5.74) is 9.12. The van der Waals surface area contributed by atoms with E-state index in [2.05, 4.69) is 0 Å². The fraction of sp³-hybridized carbons (Fsp3) is 0.220. The SMILES string of the molecule is CCOC(=O)c1ccc(C2=C(c3ccc(C(=O)OCC)cc3)C(c3ccc(C(=O)OCC)cc3)=C(c3ccc(C(=O)OCC)cc3)C2)cc1. The Bertz CT molecular complexity index is 1760. The maximum atomic E-state index is 12.5. The highest BCUT2D eigenvalue weighted by molar-refractivity contribution is 6.27. The van der Waals surface area contributed by atoms with Crippen molar-refractivity contribution in [2.75, 3.05) is 26.4 Å². The number of allylic oxidation sites excluding steroid dienone is 4. The summed E-state index contributed by atoms with van der Waals surface area (Å²) in [5, 5.41) is 0. The first-order valence-corrected chi connectivity index (χ1v) is 16.4. The molecule has 5 rings (SSSR count). The summed E-state index contributed by atoms with van der Waals surface area (Å²) >= 11 is 0. The molecule has 0 aromatic heterocycles. The zero-order chi connectivity index (χ0) is 34.9. The van der Waals surface area contributed by atoms with Gasteiger partial charge in [0.2, 0.25) is 0 Å². The second-order valence-electron chi connectivity index (χ2n) is 11.1. The van der Waals surface area contributed by atoms with Crippen LogP contribution < -0.4 is 0 Å². The average Bonchev–Trinajstić information content (AvgIpc) is 3.53. The summed E-state index contributed by atoms with van der Waals surface area (Å²) < 4.78 is 20.8. The molecule has 0 atom stereocenters. The molecule has 0 saturated heterocycles. The minimum Gasteiger partial charge on any atom is -0.462 e. The van der Waals surface area contributed by atoms with Gasteiger partial charge in [0.1, 0.15) is 0 Å². The summed E-state index contributed by atoms with van der Waals surface area (Å²) in [5.74, 6) is -1.60. The quantitative estimate of drug-likeness (QED) is 0.111. The Kier molecular flexibility index (Phi) is 11.2. The maximum absolute atomic E-state index is 12.5. The molecular formula is C41H38O8. The van der Waals surface area contributed by atoms with Gasteiger partial charge in [-0.25, -0.2) is 19.2 Å². The van der Waals surface area contributed by atoms with E-state index in [-0.39, 0.29) is 26.4 Å². The Morgan fingerprint density at radius 2 is 0.612 bits per heavy atom. The third-order valence-electron chi connectivity index (χ3n) is 8.07. The molecule has 0 bridgehead atoms. The van der Waals surface area contributed by atoms with Crippen molar-refractivity contribution in [3.63, 3.8) is 0 Å². The van der Waals surface area contributed by atoms with Crippen LogP contribution in [0.15, 0.2) is 97.1 Å². The maximum Gasteiger partial charge on any atom is 0.338 e. The van der Waals surface area contributed by atoms with Crippen molar-refractivity contribution in [3.8, 4) is 0 Å². The topological polar surface area (TPSA) is 105 Å². The molecule has 8 nitrogen and oxygen atoms in total. The Morgan fingerprint density at radius 1 is 0.388 bits per heavy atom. The minimum atomic E-state index is -0.406. The summed E-state index contributed by atoms with van der Waals surface area (Å²) in [4.78, 5) is 49.9. The smallest absolute Gasteiger partial charge is 0.338 e. The van der Waals surface area contributed by atoms with Gasteiger partial charge >= 0.3 is 23.9 Å². The van der Waals surface area contributed by atoms with Crippen molar-refractivity contribution in [2.45, 2.75) is 34.1 Å². The summed E-state index contributed by atoms with van der Waals surface area (Å²) in [6.07, 6.45) is 0.515. The van der Waals surface area contributed by atoms with E-state index < -0.39 is 23.9 Å². The summed E-state index contributed by atoms with van der Waals surface area (Å²) in [7, 11) is 0. The van der Waals surface area contributed by atoms with Crippen LogP contribution in [0.5, 0.6) is 0 Å². The van der Waals surface area contributed by atoms with Crippen LogP contribution in [0.25, 0.3) is 22.3 Å². The zero-order valence-electron chi connectivity index (χ0n) is 28.0. The third-order valence-corrected chi connectivity index (χ3v) is 8.07. The van der Waals surface area contributed by atoms with Crippen LogP contribution in [0.2, 0.25) is 0 Å². The number of rotatable bonds is 12. The summed E-state index contributed by atoms with van der Waals surface area (Å²) in [6, 6.07) is 29.2. The normalized spacial score (nSPS) is 12.5. The fourth-order valence-electron chi connectivity index (χ4n) is 5.80. The molecule has 0 fully saturated rings. The van der Waals surface area contributed by atoms with E-state index in [0.29, 0.717) is 28.7 Å². The molecule has 0 radical (unpaired) electrons. The average molecular weight is 659 g/mol. The van der Waals surface area contributed by atoms with E-state index in [1.165, 1.54) is 0 Å². The summed E-state index contributed by atoms with van der Waals surface area (Å²) in [6.45, 7) is 8.15. The lowest BCUT2D eigenvalue weighted by Crippen LogP contribution is -2.05. The van der Waals surface area contributed by atoms with E-state index in [9.17, 15) is 19.2 Å². The van der Waals surface area contributed by atoms with Gasteiger partial charge in [0, 0.05) is 0 Å². The Labute approximate surface area is 286 Å². The van der Waals surface area contributed by atoms with Gasteiger partial charge in [0.15, 0.2) is 0 Å². The van der Waals surface area contributed by atoms with Gasteiger partial charge < -0.3 is 18.9 Å². The van der Waals surface area contributed by atoms with Crippen molar-refractivity contribution in [2.24, 2.45) is 0 Å². The number of esters is 4. The van der Waals surface area contributed by atoms with Crippen LogP contribution >= 0.6 is 0 Å². The van der Waals surface area contributed by atoms with Crippen LogP contribution in [-0.2, 0) is 18.9 Å². The highest BCUT2D eigenvalue weighted by atomic mass is 16.5. The van der Waals surface area contributed by atoms with Gasteiger partial charge in [-0.2, -0.15) is 0 Å². The number of hydrogen-bond acceptors (Lipinski definition) is 8. The monoisotopic (exact) mass is 658 g/mol. The van der Waals surface area contributed by atoms with Gasteiger partial charge in [-0.1, -0.05) is 48.5 Å². The van der Waals surface area contributed by atoms with E-state index in [1.807, 2.05) is 48.5 Å².